The summed E-state index contributed by atoms with van der Waals surface area (Å²) in [5.74, 6) is 0.266. The maximum absolute atomic E-state index is 13.3. The number of carbonyl (C=O) groups is 1. The minimum Gasteiger partial charge on any atom is -0.334 e. The molecule has 0 radical (unpaired) electrons. The van der Waals surface area contributed by atoms with E-state index in [1.807, 2.05) is 31.2 Å². The molecule has 2 aromatic carbocycles. The molecule has 1 amide bonds. The Balaban J connectivity index is 1.55. The van der Waals surface area contributed by atoms with E-state index in [9.17, 15) is 9.18 Å². The van der Waals surface area contributed by atoms with E-state index in [-0.39, 0.29) is 23.5 Å². The molecule has 1 aliphatic rings. The molecule has 2 heterocycles. The number of aryl methyl sites for hydroxylation is 1. The summed E-state index contributed by atoms with van der Waals surface area (Å²) in [6, 6.07) is 13.8. The summed E-state index contributed by atoms with van der Waals surface area (Å²) >= 11 is 0. The van der Waals surface area contributed by atoms with Gasteiger partial charge in [0.25, 0.3) is 5.89 Å². The van der Waals surface area contributed by atoms with Crippen LogP contribution in [0.4, 0.5) is 10.1 Å². The van der Waals surface area contributed by atoms with Gasteiger partial charge in [0.05, 0.1) is 0 Å². The van der Waals surface area contributed by atoms with Crippen LogP contribution >= 0.6 is 0 Å². The monoisotopic (exact) mass is 337 g/mol. The zero-order chi connectivity index (χ0) is 17.4. The summed E-state index contributed by atoms with van der Waals surface area (Å²) in [5.41, 5.74) is 2.54. The molecule has 0 saturated carbocycles. The van der Waals surface area contributed by atoms with Crippen LogP contribution in [0.5, 0.6) is 0 Å². The predicted molar refractivity (Wildman–Crippen MR) is 90.6 cm³/mol. The van der Waals surface area contributed by atoms with Gasteiger partial charge in [-0.2, -0.15) is 4.98 Å². The normalized spacial score (nSPS) is 17.3. The standard InChI is InChI=1S/C19H16FN3O2/c1-12-5-7-16(8-6-12)23-11-14(10-17(23)24)18-21-19(25-22-18)13-3-2-4-15(20)9-13/h2-9,14H,10-11H2,1H3. The highest BCUT2D eigenvalue weighted by molar-refractivity contribution is 5.96. The maximum Gasteiger partial charge on any atom is 0.258 e. The molecular formula is C19H16FN3O2. The Hall–Kier alpha value is -3.02. The van der Waals surface area contributed by atoms with E-state index in [1.54, 1.807) is 17.0 Å². The Morgan fingerprint density at radius 3 is 2.76 bits per heavy atom. The van der Waals surface area contributed by atoms with Gasteiger partial charge in [-0.05, 0) is 37.3 Å². The van der Waals surface area contributed by atoms with Crippen LogP contribution in [-0.2, 0) is 4.79 Å². The molecule has 3 aromatic rings. The van der Waals surface area contributed by atoms with Gasteiger partial charge in [-0.3, -0.25) is 4.79 Å². The Morgan fingerprint density at radius 2 is 2.00 bits per heavy atom. The molecule has 1 atom stereocenters. The fourth-order valence-corrected chi connectivity index (χ4v) is 2.99. The second kappa shape index (κ2) is 6.12. The van der Waals surface area contributed by atoms with Crippen LogP contribution in [0.2, 0.25) is 0 Å². The summed E-state index contributed by atoms with van der Waals surface area (Å²) in [6.07, 6.45) is 0.329. The highest BCUT2D eigenvalue weighted by Gasteiger charge is 2.34. The number of aromatic nitrogens is 2. The van der Waals surface area contributed by atoms with E-state index in [4.69, 9.17) is 4.52 Å². The van der Waals surface area contributed by atoms with Crippen molar-refractivity contribution in [2.24, 2.45) is 0 Å². The van der Waals surface area contributed by atoms with Crippen LogP contribution in [0, 0.1) is 12.7 Å². The quantitative estimate of drug-likeness (QED) is 0.731. The number of rotatable bonds is 3. The van der Waals surface area contributed by atoms with Gasteiger partial charge in [-0.25, -0.2) is 4.39 Å². The van der Waals surface area contributed by atoms with Crippen LogP contribution in [0.25, 0.3) is 11.5 Å². The molecule has 1 saturated heterocycles. The van der Waals surface area contributed by atoms with Crippen LogP contribution in [0.15, 0.2) is 53.1 Å². The molecule has 6 heteroatoms. The molecule has 1 unspecified atom stereocenters. The Bertz CT molecular complexity index is 920. The number of anilines is 1. The zero-order valence-electron chi connectivity index (χ0n) is 13.6. The van der Waals surface area contributed by atoms with Gasteiger partial charge >= 0.3 is 0 Å². The average molecular weight is 337 g/mol. The molecule has 4 rings (SSSR count). The number of carbonyl (C=O) groups excluding carboxylic acids is 1. The molecule has 1 aromatic heterocycles. The molecule has 126 valence electrons. The molecule has 1 fully saturated rings. The number of hydrogen-bond acceptors (Lipinski definition) is 4. The van der Waals surface area contributed by atoms with Gasteiger partial charge < -0.3 is 9.42 Å². The first kappa shape index (κ1) is 15.5. The lowest BCUT2D eigenvalue weighted by Gasteiger charge is -2.16. The number of nitrogens with zero attached hydrogens (tertiary/aromatic N) is 3. The van der Waals surface area contributed by atoms with Crippen molar-refractivity contribution in [2.75, 3.05) is 11.4 Å². The van der Waals surface area contributed by atoms with Crippen molar-refractivity contribution >= 4 is 11.6 Å². The summed E-state index contributed by atoms with van der Waals surface area (Å²) in [6.45, 7) is 2.51. The Kier molecular flexibility index (Phi) is 3.80. The largest absolute Gasteiger partial charge is 0.334 e. The molecular weight excluding hydrogens is 321 g/mol. The fraction of sp³-hybridized carbons (Fsp3) is 0.211. The van der Waals surface area contributed by atoms with Crippen LogP contribution in [0.3, 0.4) is 0 Å². The lowest BCUT2D eigenvalue weighted by molar-refractivity contribution is -0.117. The van der Waals surface area contributed by atoms with Crippen molar-refractivity contribution in [3.63, 3.8) is 0 Å². The predicted octanol–water partition coefficient (Wildman–Crippen LogP) is 3.70. The molecule has 0 aliphatic carbocycles. The minimum atomic E-state index is -0.362. The second-order valence-corrected chi connectivity index (χ2v) is 6.21. The molecule has 1 aliphatic heterocycles. The highest BCUT2D eigenvalue weighted by atomic mass is 19.1. The molecule has 0 N–H and O–H groups in total. The summed E-state index contributed by atoms with van der Waals surface area (Å²) in [7, 11) is 0. The van der Waals surface area contributed by atoms with Gasteiger partial charge in [-0.15, -0.1) is 0 Å². The number of halogens is 1. The number of amides is 1. The average Bonchev–Trinajstić information content (AvgIpc) is 3.23. The van der Waals surface area contributed by atoms with Crippen molar-refractivity contribution in [1.29, 1.82) is 0 Å². The van der Waals surface area contributed by atoms with Crippen molar-refractivity contribution in [3.05, 3.63) is 65.7 Å². The van der Waals surface area contributed by atoms with Crippen molar-refractivity contribution in [1.82, 2.24) is 10.1 Å². The van der Waals surface area contributed by atoms with Gasteiger partial charge in [0, 0.05) is 30.1 Å². The lowest BCUT2D eigenvalue weighted by Crippen LogP contribution is -2.24. The molecule has 0 bridgehead atoms. The maximum atomic E-state index is 13.3. The van der Waals surface area contributed by atoms with E-state index < -0.39 is 0 Å². The molecule has 25 heavy (non-hydrogen) atoms. The lowest BCUT2D eigenvalue weighted by atomic mass is 10.1. The number of benzene rings is 2. The Morgan fingerprint density at radius 1 is 1.20 bits per heavy atom. The van der Waals surface area contributed by atoms with Crippen molar-refractivity contribution in [2.45, 2.75) is 19.3 Å². The molecule has 5 nitrogen and oxygen atoms in total. The first-order valence-corrected chi connectivity index (χ1v) is 8.07. The van der Waals surface area contributed by atoms with E-state index >= 15 is 0 Å². The Labute approximate surface area is 144 Å². The number of hydrogen-bond donors (Lipinski definition) is 0. The molecule has 0 spiro atoms. The van der Waals surface area contributed by atoms with Crippen LogP contribution in [0.1, 0.15) is 23.7 Å². The third-order valence-electron chi connectivity index (χ3n) is 4.35. The fourth-order valence-electron chi connectivity index (χ4n) is 2.99. The first-order chi connectivity index (χ1) is 12.1. The first-order valence-electron chi connectivity index (χ1n) is 8.07. The topological polar surface area (TPSA) is 59.2 Å². The highest BCUT2D eigenvalue weighted by Crippen LogP contribution is 2.31. The van der Waals surface area contributed by atoms with Crippen LogP contribution in [-0.4, -0.2) is 22.6 Å². The van der Waals surface area contributed by atoms with E-state index in [1.165, 1.54) is 12.1 Å². The van der Waals surface area contributed by atoms with Crippen molar-refractivity contribution in [3.8, 4) is 11.5 Å². The van der Waals surface area contributed by atoms with Gasteiger partial charge in [-0.1, -0.05) is 28.9 Å². The van der Waals surface area contributed by atoms with Crippen molar-refractivity contribution < 1.29 is 13.7 Å². The SMILES string of the molecule is Cc1ccc(N2CC(c3noc(-c4cccc(F)c4)n3)CC2=O)cc1. The minimum absolute atomic E-state index is 0.0333. The third kappa shape index (κ3) is 3.03. The van der Waals surface area contributed by atoms with Crippen LogP contribution < -0.4 is 4.90 Å². The zero-order valence-corrected chi connectivity index (χ0v) is 13.6. The smallest absolute Gasteiger partial charge is 0.258 e. The van der Waals surface area contributed by atoms with Gasteiger partial charge in [0.1, 0.15) is 5.82 Å². The summed E-state index contributed by atoms with van der Waals surface area (Å²) in [4.78, 5) is 18.5. The van der Waals surface area contributed by atoms with Gasteiger partial charge in [0.2, 0.25) is 5.91 Å². The van der Waals surface area contributed by atoms with Gasteiger partial charge in [0.15, 0.2) is 5.82 Å². The van der Waals surface area contributed by atoms with E-state index in [2.05, 4.69) is 10.1 Å². The second-order valence-electron chi connectivity index (χ2n) is 6.21. The summed E-state index contributed by atoms with van der Waals surface area (Å²) in [5, 5.41) is 3.99. The third-order valence-corrected chi connectivity index (χ3v) is 4.35. The van der Waals surface area contributed by atoms with E-state index in [0.717, 1.165) is 11.3 Å². The summed E-state index contributed by atoms with van der Waals surface area (Å²) < 4.78 is 18.6. The van der Waals surface area contributed by atoms with E-state index in [0.29, 0.717) is 24.4 Å².